The van der Waals surface area contributed by atoms with Crippen LogP contribution >= 0.6 is 0 Å². The molecule has 2 aliphatic heterocycles. The van der Waals surface area contributed by atoms with Crippen molar-refractivity contribution in [3.05, 3.63) is 12.3 Å². The molecule has 8 nitrogen and oxygen atoms in total. The zero-order valence-corrected chi connectivity index (χ0v) is 18.3. The van der Waals surface area contributed by atoms with Gasteiger partial charge in [-0.25, -0.2) is 4.98 Å². The fourth-order valence-corrected chi connectivity index (χ4v) is 5.47. The van der Waals surface area contributed by atoms with Gasteiger partial charge in [-0.05, 0) is 51.5 Å². The predicted molar refractivity (Wildman–Crippen MR) is 116 cm³/mol. The Balaban J connectivity index is 1.53. The number of carbonyl (C=O) groups excluding carboxylic acids is 1. The normalized spacial score (nSPS) is 29.9. The van der Waals surface area contributed by atoms with Crippen LogP contribution in [0, 0.1) is 11.3 Å². The molecule has 1 aliphatic carbocycles. The fraction of sp³-hybridized carbons (Fsp3) is 0.773. The molecular weight excluding hydrogens is 382 g/mol. The third kappa shape index (κ3) is 4.25. The first-order chi connectivity index (χ1) is 14.7. The Bertz CT molecular complexity index is 726. The first-order valence-electron chi connectivity index (χ1n) is 11.5. The van der Waals surface area contributed by atoms with Crippen LogP contribution in [0.4, 0.5) is 11.8 Å². The number of anilines is 2. The smallest absolute Gasteiger partial charge is 0.314 e. The third-order valence-corrected chi connectivity index (χ3v) is 7.01. The number of piperidine rings is 1. The summed E-state index contributed by atoms with van der Waals surface area (Å²) in [5.74, 6) is 1.83. The highest BCUT2D eigenvalue weighted by atomic mass is 16.5. The summed E-state index contributed by atoms with van der Waals surface area (Å²) < 4.78 is 11.2. The minimum absolute atomic E-state index is 0.0389. The molecule has 0 aromatic carbocycles. The summed E-state index contributed by atoms with van der Waals surface area (Å²) >= 11 is 0. The van der Waals surface area contributed by atoms with Gasteiger partial charge in [-0.15, -0.1) is 0 Å². The molecular formula is C22H35N5O3. The van der Waals surface area contributed by atoms with Crippen LogP contribution in [0.25, 0.3) is 0 Å². The van der Waals surface area contributed by atoms with E-state index in [9.17, 15) is 4.79 Å². The molecule has 3 atom stereocenters. The molecule has 3 heterocycles. The van der Waals surface area contributed by atoms with E-state index in [4.69, 9.17) is 9.47 Å². The SMILES string of the molecule is CCNc1ccnc(N2CC[C@@H]3CC(N4CCOCC4)CC[C@@]3(C(=O)OCC)C2)n1. The molecule has 1 unspecified atom stereocenters. The van der Waals surface area contributed by atoms with Crippen molar-refractivity contribution in [3.63, 3.8) is 0 Å². The lowest BCUT2D eigenvalue weighted by molar-refractivity contribution is -0.164. The van der Waals surface area contributed by atoms with Crippen LogP contribution in [0.15, 0.2) is 12.3 Å². The summed E-state index contributed by atoms with van der Waals surface area (Å²) in [7, 11) is 0. The quantitative estimate of drug-likeness (QED) is 0.706. The molecule has 0 amide bonds. The van der Waals surface area contributed by atoms with Crippen LogP contribution in [-0.2, 0) is 14.3 Å². The van der Waals surface area contributed by atoms with Crippen LogP contribution in [0.5, 0.6) is 0 Å². The average molecular weight is 418 g/mol. The van der Waals surface area contributed by atoms with E-state index in [0.29, 0.717) is 31.1 Å². The number of nitrogens with zero attached hydrogens (tertiary/aromatic N) is 4. The van der Waals surface area contributed by atoms with Gasteiger partial charge < -0.3 is 19.7 Å². The van der Waals surface area contributed by atoms with Gasteiger partial charge in [0.05, 0.1) is 25.2 Å². The number of hydrogen-bond acceptors (Lipinski definition) is 8. The summed E-state index contributed by atoms with van der Waals surface area (Å²) in [6.45, 7) is 10.3. The maximum Gasteiger partial charge on any atom is 0.314 e. The number of hydrogen-bond donors (Lipinski definition) is 1. The van der Waals surface area contributed by atoms with Crippen molar-refractivity contribution in [2.75, 3.05) is 62.8 Å². The van der Waals surface area contributed by atoms with E-state index in [2.05, 4.69) is 32.0 Å². The van der Waals surface area contributed by atoms with Gasteiger partial charge in [0.15, 0.2) is 0 Å². The second kappa shape index (κ2) is 9.47. The van der Waals surface area contributed by atoms with Crippen molar-refractivity contribution in [3.8, 4) is 0 Å². The lowest BCUT2D eigenvalue weighted by Crippen LogP contribution is -2.59. The van der Waals surface area contributed by atoms with Crippen molar-refractivity contribution in [1.82, 2.24) is 14.9 Å². The molecule has 1 N–H and O–H groups in total. The molecule has 1 aromatic rings. The van der Waals surface area contributed by atoms with Gasteiger partial charge in [0, 0.05) is 45.0 Å². The molecule has 0 radical (unpaired) electrons. The van der Waals surface area contributed by atoms with E-state index in [1.165, 1.54) is 0 Å². The second-order valence-corrected chi connectivity index (χ2v) is 8.63. The molecule has 1 aromatic heterocycles. The Morgan fingerprint density at radius 2 is 2.13 bits per heavy atom. The number of morpholine rings is 1. The zero-order valence-electron chi connectivity index (χ0n) is 18.3. The van der Waals surface area contributed by atoms with Crippen molar-refractivity contribution in [1.29, 1.82) is 0 Å². The van der Waals surface area contributed by atoms with E-state index < -0.39 is 5.41 Å². The van der Waals surface area contributed by atoms with Crippen molar-refractivity contribution < 1.29 is 14.3 Å². The van der Waals surface area contributed by atoms with Crippen LogP contribution in [-0.4, -0.2) is 79.4 Å². The summed E-state index contributed by atoms with van der Waals surface area (Å²) in [5, 5.41) is 3.25. The van der Waals surface area contributed by atoms with Gasteiger partial charge >= 0.3 is 5.97 Å². The Morgan fingerprint density at radius 1 is 1.30 bits per heavy atom. The minimum Gasteiger partial charge on any atom is -0.466 e. The van der Waals surface area contributed by atoms with E-state index in [1.807, 2.05) is 13.0 Å². The summed E-state index contributed by atoms with van der Waals surface area (Å²) in [5.41, 5.74) is -0.464. The van der Waals surface area contributed by atoms with Crippen molar-refractivity contribution in [2.45, 2.75) is 45.6 Å². The highest BCUT2D eigenvalue weighted by Crippen LogP contribution is 2.49. The van der Waals surface area contributed by atoms with Crippen molar-refractivity contribution in [2.24, 2.45) is 11.3 Å². The number of nitrogens with one attached hydrogen (secondary N) is 1. The average Bonchev–Trinajstić information content (AvgIpc) is 2.79. The molecule has 30 heavy (non-hydrogen) atoms. The van der Waals surface area contributed by atoms with Gasteiger partial charge in [0.25, 0.3) is 0 Å². The van der Waals surface area contributed by atoms with Gasteiger partial charge in [-0.2, -0.15) is 4.98 Å². The van der Waals surface area contributed by atoms with Gasteiger partial charge in [0.2, 0.25) is 5.95 Å². The Hall–Kier alpha value is -1.93. The maximum atomic E-state index is 13.2. The number of carbonyl (C=O) groups is 1. The predicted octanol–water partition coefficient (Wildman–Crippen LogP) is 2.17. The maximum absolute atomic E-state index is 13.2. The topological polar surface area (TPSA) is 79.8 Å². The molecule has 3 fully saturated rings. The molecule has 4 rings (SSSR count). The minimum atomic E-state index is -0.464. The Kier molecular flexibility index (Phi) is 6.73. The molecule has 1 saturated carbocycles. The first kappa shape index (κ1) is 21.3. The van der Waals surface area contributed by atoms with E-state index in [1.54, 1.807) is 6.20 Å². The largest absolute Gasteiger partial charge is 0.466 e. The molecule has 0 spiro atoms. The van der Waals surface area contributed by atoms with Crippen LogP contribution in [0.3, 0.4) is 0 Å². The number of aromatic nitrogens is 2. The van der Waals surface area contributed by atoms with E-state index in [0.717, 1.165) is 70.9 Å². The highest BCUT2D eigenvalue weighted by Gasteiger charge is 2.54. The monoisotopic (exact) mass is 417 g/mol. The summed E-state index contributed by atoms with van der Waals surface area (Å²) in [4.78, 5) is 27.2. The van der Waals surface area contributed by atoms with Crippen LogP contribution in [0.2, 0.25) is 0 Å². The third-order valence-electron chi connectivity index (χ3n) is 7.01. The molecule has 166 valence electrons. The van der Waals surface area contributed by atoms with Gasteiger partial charge in [-0.3, -0.25) is 9.69 Å². The Labute approximate surface area is 179 Å². The second-order valence-electron chi connectivity index (χ2n) is 8.63. The number of fused-ring (bicyclic) bond motifs is 1. The molecule has 2 saturated heterocycles. The Morgan fingerprint density at radius 3 is 2.90 bits per heavy atom. The zero-order chi connectivity index (χ0) is 21.0. The summed E-state index contributed by atoms with van der Waals surface area (Å²) in [6.07, 6.45) is 5.71. The highest BCUT2D eigenvalue weighted by molar-refractivity contribution is 5.78. The number of esters is 1. The number of rotatable bonds is 6. The van der Waals surface area contributed by atoms with Crippen LogP contribution in [0.1, 0.15) is 39.5 Å². The van der Waals surface area contributed by atoms with Crippen molar-refractivity contribution >= 4 is 17.7 Å². The lowest BCUT2D eigenvalue weighted by Gasteiger charge is -2.52. The molecule has 0 bridgehead atoms. The first-order valence-corrected chi connectivity index (χ1v) is 11.5. The lowest BCUT2D eigenvalue weighted by atomic mass is 9.61. The van der Waals surface area contributed by atoms with Gasteiger partial charge in [-0.1, -0.05) is 0 Å². The van der Waals surface area contributed by atoms with E-state index >= 15 is 0 Å². The summed E-state index contributed by atoms with van der Waals surface area (Å²) in [6, 6.07) is 2.43. The van der Waals surface area contributed by atoms with Crippen LogP contribution < -0.4 is 10.2 Å². The number of ether oxygens (including phenoxy) is 2. The van der Waals surface area contributed by atoms with Gasteiger partial charge in [0.1, 0.15) is 5.82 Å². The van der Waals surface area contributed by atoms with E-state index in [-0.39, 0.29) is 5.97 Å². The standard InChI is InChI=1S/C22H35N5O3/c1-3-23-19-6-9-24-21(25-19)27-10-7-17-15-18(26-11-13-29-14-12-26)5-8-22(17,16-27)20(28)30-4-2/h6,9,17-18H,3-5,7-8,10-16H2,1-2H3,(H,23,24,25)/t17-,18?,22-/m1/s1. The molecule has 3 aliphatic rings. The fourth-order valence-electron chi connectivity index (χ4n) is 5.47. The molecule has 8 heteroatoms.